The number of hydrogen-bond donors (Lipinski definition) is 4. The minimum atomic E-state index is -0.590. The van der Waals surface area contributed by atoms with Crippen molar-refractivity contribution in [3.05, 3.63) is 66.2 Å². The maximum atomic E-state index is 14.6. The van der Waals surface area contributed by atoms with E-state index in [9.17, 15) is 9.18 Å². The molecular weight excluding hydrogens is 461 g/mol. The lowest BCUT2D eigenvalue weighted by Gasteiger charge is -2.20. The first-order valence-electron chi connectivity index (χ1n) is 11.5. The van der Waals surface area contributed by atoms with Crippen LogP contribution >= 0.6 is 0 Å². The summed E-state index contributed by atoms with van der Waals surface area (Å²) in [6, 6.07) is 12.5. The minimum Gasteiger partial charge on any atom is -0.398 e. The second-order valence-corrected chi connectivity index (χ2v) is 8.60. The van der Waals surface area contributed by atoms with E-state index in [1.807, 2.05) is 22.9 Å². The van der Waals surface area contributed by atoms with Crippen molar-refractivity contribution in [2.24, 2.45) is 5.73 Å². The number of aromatic nitrogens is 5. The number of nitrogens with zero attached hydrogens (tertiary/aromatic N) is 5. The number of benzene rings is 2. The van der Waals surface area contributed by atoms with Gasteiger partial charge in [0.15, 0.2) is 5.82 Å². The highest BCUT2D eigenvalue weighted by Gasteiger charge is 2.20. The van der Waals surface area contributed by atoms with Gasteiger partial charge < -0.3 is 22.9 Å². The molecule has 0 aliphatic heterocycles. The van der Waals surface area contributed by atoms with Crippen LogP contribution in [0.1, 0.15) is 48.5 Å². The lowest BCUT2D eigenvalue weighted by molar-refractivity contribution is 0.100. The number of para-hydroxylation sites is 1. The fourth-order valence-corrected chi connectivity index (χ4v) is 4.45. The van der Waals surface area contributed by atoms with Crippen molar-refractivity contribution in [2.45, 2.75) is 38.1 Å². The lowest BCUT2D eigenvalue weighted by Crippen LogP contribution is -2.13. The molecule has 2 aromatic carbocycles. The van der Waals surface area contributed by atoms with Gasteiger partial charge in [-0.3, -0.25) is 4.79 Å². The lowest BCUT2D eigenvalue weighted by atomic mass is 9.96. The third-order valence-corrected chi connectivity index (χ3v) is 6.24. The molecule has 5 rings (SSSR count). The predicted molar refractivity (Wildman–Crippen MR) is 136 cm³/mol. The fraction of sp³-hybridized carbons (Fsp3) is 0.240. The zero-order chi connectivity index (χ0) is 24.4. The Morgan fingerprint density at radius 3 is 2.61 bits per heavy atom. The van der Waals surface area contributed by atoms with E-state index < -0.39 is 11.7 Å². The third-order valence-electron chi connectivity index (χ3n) is 6.24. The summed E-state index contributed by atoms with van der Waals surface area (Å²) in [6.45, 7) is 0. The number of nitrogens with one attached hydrogen (secondary N) is 1. The van der Waals surface area contributed by atoms with Crippen LogP contribution < -0.4 is 22.9 Å². The van der Waals surface area contributed by atoms with Crippen LogP contribution in [-0.2, 0) is 0 Å². The Balaban J connectivity index is 0.00000304. The van der Waals surface area contributed by atoms with Crippen LogP contribution in [0.4, 0.5) is 21.7 Å². The summed E-state index contributed by atoms with van der Waals surface area (Å²) in [6.07, 6.45) is 8.45. The highest BCUT2D eigenvalue weighted by atomic mass is 19.1. The molecule has 1 aliphatic carbocycles. The SMILES string of the molecule is N.NC(=O)c1ccc(Nc2ncc(F)c(-c3cn(C4CCCCC4)nn3)n2)cc1-c1ccccc1N. The summed E-state index contributed by atoms with van der Waals surface area (Å²) in [5, 5.41) is 11.4. The topological polar surface area (TPSA) is 173 Å². The number of halogens is 1. The summed E-state index contributed by atoms with van der Waals surface area (Å²) in [4.78, 5) is 20.4. The third kappa shape index (κ3) is 5.01. The van der Waals surface area contributed by atoms with E-state index in [-0.39, 0.29) is 23.8 Å². The van der Waals surface area contributed by atoms with E-state index in [1.54, 1.807) is 30.5 Å². The molecule has 1 fully saturated rings. The normalized spacial score (nSPS) is 13.7. The first kappa shape index (κ1) is 24.7. The van der Waals surface area contributed by atoms with E-state index in [1.165, 1.54) is 6.42 Å². The second-order valence-electron chi connectivity index (χ2n) is 8.60. The van der Waals surface area contributed by atoms with Crippen LogP contribution in [0.3, 0.4) is 0 Å². The van der Waals surface area contributed by atoms with Gasteiger partial charge in [0, 0.05) is 22.5 Å². The number of hydrogen-bond acceptors (Lipinski definition) is 8. The van der Waals surface area contributed by atoms with Crippen molar-refractivity contribution in [1.29, 1.82) is 0 Å². The Morgan fingerprint density at radius 1 is 1.08 bits per heavy atom. The van der Waals surface area contributed by atoms with Crippen LogP contribution in [0.2, 0.25) is 0 Å². The quantitative estimate of drug-likeness (QED) is 0.284. The number of carbonyl (C=O) groups is 1. The summed E-state index contributed by atoms with van der Waals surface area (Å²) < 4.78 is 16.4. The molecule has 4 aromatic rings. The Kier molecular flexibility index (Phi) is 7.20. The van der Waals surface area contributed by atoms with E-state index in [4.69, 9.17) is 11.5 Å². The molecule has 0 atom stereocenters. The summed E-state index contributed by atoms with van der Waals surface area (Å²) in [5.41, 5.74) is 14.8. The second kappa shape index (κ2) is 10.5. The molecule has 186 valence electrons. The molecule has 11 heteroatoms. The summed E-state index contributed by atoms with van der Waals surface area (Å²) in [5.74, 6) is -0.989. The van der Waals surface area contributed by atoms with Gasteiger partial charge in [0.1, 0.15) is 11.4 Å². The number of anilines is 3. The summed E-state index contributed by atoms with van der Waals surface area (Å²) >= 11 is 0. The first-order chi connectivity index (χ1) is 17.0. The molecule has 8 N–H and O–H groups in total. The van der Waals surface area contributed by atoms with Crippen LogP contribution in [0.25, 0.3) is 22.5 Å². The van der Waals surface area contributed by atoms with Crippen LogP contribution in [0.5, 0.6) is 0 Å². The van der Waals surface area contributed by atoms with Gasteiger partial charge in [-0.2, -0.15) is 0 Å². The van der Waals surface area contributed by atoms with Crippen molar-refractivity contribution in [2.75, 3.05) is 11.1 Å². The number of carbonyl (C=O) groups excluding carboxylic acids is 1. The average Bonchev–Trinajstić information content (AvgIpc) is 3.36. The van der Waals surface area contributed by atoms with Crippen LogP contribution in [0.15, 0.2) is 54.9 Å². The maximum Gasteiger partial charge on any atom is 0.249 e. The van der Waals surface area contributed by atoms with Crippen molar-refractivity contribution in [1.82, 2.24) is 31.1 Å². The molecular formula is C25H28FN9O. The van der Waals surface area contributed by atoms with E-state index >= 15 is 0 Å². The fourth-order valence-electron chi connectivity index (χ4n) is 4.45. The highest BCUT2D eigenvalue weighted by molar-refractivity contribution is 6.02. The summed E-state index contributed by atoms with van der Waals surface area (Å²) in [7, 11) is 0. The number of nitrogens with two attached hydrogens (primary N) is 2. The molecule has 36 heavy (non-hydrogen) atoms. The molecule has 1 saturated carbocycles. The molecule has 0 unspecified atom stereocenters. The largest absolute Gasteiger partial charge is 0.398 e. The monoisotopic (exact) mass is 489 g/mol. The molecule has 0 saturated heterocycles. The number of primary amides is 1. The number of amides is 1. The van der Waals surface area contributed by atoms with E-state index in [2.05, 4.69) is 25.6 Å². The molecule has 10 nitrogen and oxygen atoms in total. The Hall–Kier alpha value is -4.38. The van der Waals surface area contributed by atoms with Gasteiger partial charge in [0.25, 0.3) is 0 Å². The van der Waals surface area contributed by atoms with Gasteiger partial charge in [0.2, 0.25) is 11.9 Å². The van der Waals surface area contributed by atoms with Crippen LogP contribution in [0, 0.1) is 5.82 Å². The van der Waals surface area contributed by atoms with E-state index in [0.717, 1.165) is 31.9 Å². The molecule has 1 amide bonds. The molecule has 1 aliphatic rings. The van der Waals surface area contributed by atoms with Crippen molar-refractivity contribution >= 4 is 23.2 Å². The smallest absolute Gasteiger partial charge is 0.249 e. The van der Waals surface area contributed by atoms with Crippen molar-refractivity contribution < 1.29 is 9.18 Å². The van der Waals surface area contributed by atoms with Gasteiger partial charge in [0.05, 0.1) is 18.4 Å². The number of rotatable bonds is 6. The molecule has 2 aromatic heterocycles. The Bertz CT molecular complexity index is 1380. The molecule has 2 heterocycles. The van der Waals surface area contributed by atoms with Crippen LogP contribution in [-0.4, -0.2) is 30.9 Å². The molecule has 0 spiro atoms. The minimum absolute atomic E-state index is 0. The maximum absolute atomic E-state index is 14.6. The molecule has 0 radical (unpaired) electrons. The first-order valence-corrected chi connectivity index (χ1v) is 11.5. The number of nitrogen functional groups attached to an aromatic ring is 1. The molecule has 0 bridgehead atoms. The van der Waals surface area contributed by atoms with Gasteiger partial charge in [-0.1, -0.05) is 42.7 Å². The average molecular weight is 490 g/mol. The van der Waals surface area contributed by atoms with Crippen molar-refractivity contribution in [3.8, 4) is 22.5 Å². The zero-order valence-corrected chi connectivity index (χ0v) is 19.7. The Morgan fingerprint density at radius 2 is 1.86 bits per heavy atom. The zero-order valence-electron chi connectivity index (χ0n) is 19.7. The van der Waals surface area contributed by atoms with Gasteiger partial charge >= 0.3 is 0 Å². The van der Waals surface area contributed by atoms with Gasteiger partial charge in [-0.25, -0.2) is 19.0 Å². The Labute approximate surface area is 207 Å². The highest BCUT2D eigenvalue weighted by Crippen LogP contribution is 2.32. The van der Waals surface area contributed by atoms with E-state index in [0.29, 0.717) is 33.8 Å². The standard InChI is InChI=1S/C25H25FN8O.H3N/c26-20-13-29-25(31-23(20)22-14-34(33-32-22)16-6-2-1-3-7-16)30-15-10-11-18(24(28)35)19(12-15)17-8-4-5-9-21(17)27;/h4-5,8-14,16H,1-3,6-7,27H2,(H2,28,35)(H,29,30,31);1H3. The van der Waals surface area contributed by atoms with Crippen molar-refractivity contribution in [3.63, 3.8) is 0 Å². The van der Waals surface area contributed by atoms with Gasteiger partial charge in [-0.05, 0) is 42.7 Å². The predicted octanol–water partition coefficient (Wildman–Crippen LogP) is 4.63. The van der Waals surface area contributed by atoms with Gasteiger partial charge in [-0.15, -0.1) is 5.10 Å².